The lowest BCUT2D eigenvalue weighted by molar-refractivity contribution is 0.174. The van der Waals surface area contributed by atoms with Crippen molar-refractivity contribution in [2.24, 2.45) is 5.92 Å². The van der Waals surface area contributed by atoms with Crippen LogP contribution in [0.5, 0.6) is 11.5 Å². The highest BCUT2D eigenvalue weighted by Gasteiger charge is 2.35. The monoisotopic (exact) mass is 431 g/mol. The van der Waals surface area contributed by atoms with E-state index in [9.17, 15) is 4.39 Å². The van der Waals surface area contributed by atoms with Crippen LogP contribution in [0, 0.1) is 11.7 Å². The molecule has 1 aliphatic heterocycles. The number of fused-ring (bicyclic) bond motifs is 2. The van der Waals surface area contributed by atoms with Gasteiger partial charge in [-0.2, -0.15) is 0 Å². The molecule has 0 bridgehead atoms. The average molecular weight is 432 g/mol. The molecule has 0 spiro atoms. The summed E-state index contributed by atoms with van der Waals surface area (Å²) in [5, 5.41) is 0. The van der Waals surface area contributed by atoms with Crippen molar-refractivity contribution in [1.29, 1.82) is 0 Å². The minimum absolute atomic E-state index is 0.193. The summed E-state index contributed by atoms with van der Waals surface area (Å²) in [7, 11) is 2.19. The Balaban J connectivity index is 1.27. The third-order valence-corrected chi connectivity index (χ3v) is 7.29. The number of rotatable bonds is 6. The van der Waals surface area contributed by atoms with E-state index >= 15 is 0 Å². The second kappa shape index (κ2) is 8.59. The van der Waals surface area contributed by atoms with Gasteiger partial charge in [0.15, 0.2) is 11.5 Å². The van der Waals surface area contributed by atoms with Crippen LogP contribution in [0.25, 0.3) is 11.1 Å². The minimum atomic E-state index is -0.193. The molecule has 3 aromatic rings. The molecule has 3 nitrogen and oxygen atoms in total. The summed E-state index contributed by atoms with van der Waals surface area (Å²) in [5.41, 5.74) is 6.41. The molecule has 2 aliphatic rings. The zero-order valence-corrected chi connectivity index (χ0v) is 19.0. The Hall–Kier alpha value is -2.85. The first kappa shape index (κ1) is 21.0. The van der Waals surface area contributed by atoms with Gasteiger partial charge in [0.1, 0.15) is 5.82 Å². The highest BCUT2D eigenvalue weighted by atomic mass is 19.1. The maximum Gasteiger partial charge on any atom is 0.231 e. The van der Waals surface area contributed by atoms with Crippen molar-refractivity contribution in [3.8, 4) is 22.6 Å². The molecule has 1 aliphatic carbocycles. The fraction of sp³-hybridized carbons (Fsp3) is 0.357. The summed E-state index contributed by atoms with van der Waals surface area (Å²) in [6, 6.07) is 19.8. The second-order valence-corrected chi connectivity index (χ2v) is 9.32. The van der Waals surface area contributed by atoms with Gasteiger partial charge in [-0.25, -0.2) is 4.39 Å². The first-order valence-electron chi connectivity index (χ1n) is 11.5. The van der Waals surface area contributed by atoms with Crippen LogP contribution in [0.2, 0.25) is 0 Å². The molecular formula is C28H30FNO2. The van der Waals surface area contributed by atoms with Gasteiger partial charge in [-0.3, -0.25) is 0 Å². The van der Waals surface area contributed by atoms with Crippen LogP contribution in [0.4, 0.5) is 4.39 Å². The van der Waals surface area contributed by atoms with Gasteiger partial charge in [-0.15, -0.1) is 0 Å². The molecule has 0 saturated heterocycles. The zero-order valence-electron chi connectivity index (χ0n) is 19.0. The zero-order chi connectivity index (χ0) is 22.2. The van der Waals surface area contributed by atoms with E-state index in [1.54, 1.807) is 0 Å². The summed E-state index contributed by atoms with van der Waals surface area (Å²) in [5.74, 6) is 3.17. The van der Waals surface area contributed by atoms with Crippen molar-refractivity contribution in [2.45, 2.75) is 38.6 Å². The van der Waals surface area contributed by atoms with Gasteiger partial charge in [-0.05, 0) is 89.8 Å². The van der Waals surface area contributed by atoms with Gasteiger partial charge in [0.25, 0.3) is 0 Å². The maximum atomic E-state index is 13.3. The molecule has 4 heteroatoms. The Labute approximate surface area is 189 Å². The topological polar surface area (TPSA) is 21.7 Å². The molecule has 1 heterocycles. The molecular weight excluding hydrogens is 401 g/mol. The van der Waals surface area contributed by atoms with Crippen molar-refractivity contribution >= 4 is 0 Å². The van der Waals surface area contributed by atoms with Crippen molar-refractivity contribution in [2.75, 3.05) is 20.4 Å². The first-order chi connectivity index (χ1) is 15.5. The van der Waals surface area contributed by atoms with Crippen LogP contribution in [-0.4, -0.2) is 25.3 Å². The second-order valence-electron chi connectivity index (χ2n) is 9.32. The van der Waals surface area contributed by atoms with Crippen molar-refractivity contribution < 1.29 is 13.9 Å². The molecule has 0 aromatic heterocycles. The average Bonchev–Trinajstić information content (AvgIpc) is 3.35. The third-order valence-electron chi connectivity index (χ3n) is 7.29. The Bertz CT molecular complexity index is 1110. The van der Waals surface area contributed by atoms with E-state index in [2.05, 4.69) is 56.1 Å². The third kappa shape index (κ3) is 4.00. The Morgan fingerprint density at radius 1 is 0.875 bits per heavy atom. The fourth-order valence-electron chi connectivity index (χ4n) is 5.25. The molecule has 0 amide bonds. The van der Waals surface area contributed by atoms with Gasteiger partial charge >= 0.3 is 0 Å². The van der Waals surface area contributed by atoms with E-state index in [4.69, 9.17) is 9.47 Å². The molecule has 0 N–H and O–H groups in total. The van der Waals surface area contributed by atoms with E-state index in [0.717, 1.165) is 36.6 Å². The van der Waals surface area contributed by atoms with Crippen LogP contribution in [-0.2, 0) is 6.54 Å². The summed E-state index contributed by atoms with van der Waals surface area (Å²) >= 11 is 0. The lowest BCUT2D eigenvalue weighted by atomic mass is 9.87. The van der Waals surface area contributed by atoms with Gasteiger partial charge in [-0.1, -0.05) is 50.2 Å². The number of nitrogens with zero attached hydrogens (tertiary/aromatic N) is 1. The number of hydrogen-bond acceptors (Lipinski definition) is 3. The summed E-state index contributed by atoms with van der Waals surface area (Å²) in [4.78, 5) is 2.39. The molecule has 0 saturated carbocycles. The fourth-order valence-corrected chi connectivity index (χ4v) is 5.25. The predicted molar refractivity (Wildman–Crippen MR) is 126 cm³/mol. The summed E-state index contributed by atoms with van der Waals surface area (Å²) in [6.07, 6.45) is 1.13. The number of halogens is 1. The maximum absolute atomic E-state index is 13.3. The van der Waals surface area contributed by atoms with Crippen LogP contribution in [0.15, 0.2) is 60.7 Å². The van der Waals surface area contributed by atoms with Crippen molar-refractivity contribution in [1.82, 2.24) is 4.90 Å². The van der Waals surface area contributed by atoms with Gasteiger partial charge in [0.2, 0.25) is 6.79 Å². The van der Waals surface area contributed by atoms with Gasteiger partial charge in [0.05, 0.1) is 0 Å². The smallest absolute Gasteiger partial charge is 0.231 e. The van der Waals surface area contributed by atoms with E-state index in [1.165, 1.54) is 34.4 Å². The van der Waals surface area contributed by atoms with Crippen LogP contribution >= 0.6 is 0 Å². The normalized spacial score (nSPS) is 21.2. The summed E-state index contributed by atoms with van der Waals surface area (Å²) < 4.78 is 24.2. The molecule has 32 heavy (non-hydrogen) atoms. The molecule has 3 atom stereocenters. The number of hydrogen-bond donors (Lipinski definition) is 0. The van der Waals surface area contributed by atoms with Gasteiger partial charge < -0.3 is 14.4 Å². The van der Waals surface area contributed by atoms with E-state index in [0.29, 0.717) is 24.5 Å². The quantitative estimate of drug-likeness (QED) is 0.440. The Kier molecular flexibility index (Phi) is 5.64. The molecule has 0 fully saturated rings. The molecule has 166 valence electrons. The van der Waals surface area contributed by atoms with Crippen LogP contribution < -0.4 is 9.47 Å². The Morgan fingerprint density at radius 3 is 2.44 bits per heavy atom. The van der Waals surface area contributed by atoms with E-state index < -0.39 is 0 Å². The van der Waals surface area contributed by atoms with Gasteiger partial charge in [0, 0.05) is 6.54 Å². The van der Waals surface area contributed by atoms with Crippen molar-refractivity contribution in [3.63, 3.8) is 0 Å². The number of ether oxygens (including phenoxy) is 2. The van der Waals surface area contributed by atoms with Crippen molar-refractivity contribution in [3.05, 3.63) is 83.2 Å². The molecule has 0 radical (unpaired) electrons. The standard InChI is InChI=1S/C28H30FNO2/c1-18-19(2)26-15-22(21-5-8-23(29)9-6-21)7-10-25(26)24(18)12-13-30(3)16-20-4-11-27-28(14-20)32-17-31-27/h4-11,14-15,18-19,24H,12-13,16-17H2,1-3H3/t18-,19?,24?/m1/s1. The summed E-state index contributed by atoms with van der Waals surface area (Å²) in [6.45, 7) is 6.96. The largest absolute Gasteiger partial charge is 0.454 e. The van der Waals surface area contributed by atoms with E-state index in [-0.39, 0.29) is 5.82 Å². The van der Waals surface area contributed by atoms with Crippen LogP contribution in [0.1, 0.15) is 48.8 Å². The molecule has 3 aromatic carbocycles. The van der Waals surface area contributed by atoms with Crippen LogP contribution in [0.3, 0.4) is 0 Å². The molecule has 5 rings (SSSR count). The minimum Gasteiger partial charge on any atom is -0.454 e. The predicted octanol–water partition coefficient (Wildman–Crippen LogP) is 6.58. The highest BCUT2D eigenvalue weighted by Crippen LogP contribution is 2.48. The van der Waals surface area contributed by atoms with E-state index in [1.807, 2.05) is 18.2 Å². The SMILES string of the molecule is CC1c2cc(-c3ccc(F)cc3)ccc2C(CCN(C)Cc2ccc3c(c2)OCO3)[C@@H]1C. The number of benzene rings is 3. The highest BCUT2D eigenvalue weighted by molar-refractivity contribution is 5.66. The lowest BCUT2D eigenvalue weighted by Gasteiger charge is -2.23. The molecule has 2 unspecified atom stereocenters. The Morgan fingerprint density at radius 2 is 1.62 bits per heavy atom. The lowest BCUT2D eigenvalue weighted by Crippen LogP contribution is -2.22. The first-order valence-corrected chi connectivity index (χ1v) is 11.5.